The predicted molar refractivity (Wildman–Crippen MR) is 158 cm³/mol. The van der Waals surface area contributed by atoms with Crippen LogP contribution < -0.4 is 0 Å². The van der Waals surface area contributed by atoms with E-state index in [1.54, 1.807) is 0 Å². The van der Waals surface area contributed by atoms with Crippen molar-refractivity contribution in [2.24, 2.45) is 5.92 Å². The summed E-state index contributed by atoms with van der Waals surface area (Å²) < 4.78 is 0. The summed E-state index contributed by atoms with van der Waals surface area (Å²) in [7, 11) is 0. The molecule has 0 aliphatic carbocycles. The van der Waals surface area contributed by atoms with Gasteiger partial charge in [-0.15, -0.1) is 0 Å². The van der Waals surface area contributed by atoms with Crippen molar-refractivity contribution < 1.29 is 4.79 Å². The van der Waals surface area contributed by atoms with E-state index >= 15 is 0 Å². The molecule has 2 fully saturated rings. The van der Waals surface area contributed by atoms with Gasteiger partial charge in [0.15, 0.2) is 0 Å². The fourth-order valence-corrected chi connectivity index (χ4v) is 6.71. The summed E-state index contributed by atoms with van der Waals surface area (Å²) in [6.45, 7) is 6.42. The number of likely N-dealkylation sites (tertiary alicyclic amines) is 2. The third-order valence-corrected chi connectivity index (χ3v) is 8.88. The van der Waals surface area contributed by atoms with Crippen LogP contribution in [0, 0.1) is 12.8 Å². The second-order valence-corrected chi connectivity index (χ2v) is 11.9. The Balaban J connectivity index is 1.21. The molecule has 1 amide bonds. The van der Waals surface area contributed by atoms with Crippen molar-refractivity contribution >= 4 is 17.5 Å². The van der Waals surface area contributed by atoms with Crippen LogP contribution in [0.4, 0.5) is 0 Å². The van der Waals surface area contributed by atoms with Crippen LogP contribution in [0.5, 0.6) is 0 Å². The second-order valence-electron chi connectivity index (χ2n) is 11.4. The monoisotopic (exact) mass is 528 g/mol. The molecule has 2 saturated heterocycles. The number of amides is 1. The molecule has 2 unspecified atom stereocenters. The molecule has 0 N–H and O–H groups in total. The summed E-state index contributed by atoms with van der Waals surface area (Å²) in [5.74, 6) is 1.54. The number of benzene rings is 3. The lowest BCUT2D eigenvalue weighted by Gasteiger charge is -2.41. The lowest BCUT2D eigenvalue weighted by molar-refractivity contribution is -0.134. The molecule has 0 aromatic heterocycles. The second kappa shape index (κ2) is 13.0. The molecular formula is C34H41ClN2O. The number of piperidine rings is 2. The van der Waals surface area contributed by atoms with Crippen molar-refractivity contribution in [2.75, 3.05) is 26.2 Å². The topological polar surface area (TPSA) is 23.6 Å². The molecular weight excluding hydrogens is 488 g/mol. The van der Waals surface area contributed by atoms with Crippen molar-refractivity contribution in [1.29, 1.82) is 0 Å². The molecule has 3 nitrogen and oxygen atoms in total. The summed E-state index contributed by atoms with van der Waals surface area (Å²) in [5.41, 5.74) is 5.21. The Bertz CT molecular complexity index is 1190. The Kier molecular flexibility index (Phi) is 9.19. The summed E-state index contributed by atoms with van der Waals surface area (Å²) in [5, 5.41) is 0.695. The zero-order chi connectivity index (χ0) is 26.3. The predicted octanol–water partition coefficient (Wildman–Crippen LogP) is 7.31. The molecule has 2 atom stereocenters. The van der Waals surface area contributed by atoms with Gasteiger partial charge in [0.25, 0.3) is 0 Å². The van der Waals surface area contributed by atoms with E-state index < -0.39 is 0 Å². The van der Waals surface area contributed by atoms with E-state index in [4.69, 9.17) is 11.6 Å². The van der Waals surface area contributed by atoms with Crippen molar-refractivity contribution in [3.63, 3.8) is 0 Å². The highest BCUT2D eigenvalue weighted by atomic mass is 35.5. The maximum atomic E-state index is 13.5. The fourth-order valence-electron chi connectivity index (χ4n) is 6.50. The minimum atomic E-state index is 0.238. The number of nitrogens with zero attached hydrogens (tertiary/aromatic N) is 2. The van der Waals surface area contributed by atoms with Crippen LogP contribution in [0.15, 0.2) is 78.9 Å². The summed E-state index contributed by atoms with van der Waals surface area (Å²) in [6.07, 6.45) is 7.29. The molecule has 2 aliphatic heterocycles. The Hall–Kier alpha value is -2.62. The standard InChI is InChI=1S/C34H41ClN2O/c1-26-7-5-11-30(21-26)31-15-20-37(34(38)24-29-10-6-12-32(35)23-29)33(25-31)16-19-36-17-13-28(14-18-36)22-27-8-3-2-4-9-27/h2-12,21,23,28,31,33H,13-20,22,24-25H2,1H3. The van der Waals surface area contributed by atoms with E-state index in [1.807, 2.05) is 24.3 Å². The van der Waals surface area contributed by atoms with E-state index in [2.05, 4.69) is 71.3 Å². The SMILES string of the molecule is Cc1cccc(C2CCN(C(=O)Cc3cccc(Cl)c3)C(CCN3CCC(Cc4ccccc4)CC3)C2)c1. The van der Waals surface area contributed by atoms with Gasteiger partial charge in [-0.25, -0.2) is 0 Å². The Morgan fingerprint density at radius 1 is 0.868 bits per heavy atom. The number of hydrogen-bond acceptors (Lipinski definition) is 2. The van der Waals surface area contributed by atoms with Gasteiger partial charge in [-0.05, 0) is 99.2 Å². The molecule has 3 aromatic rings. The van der Waals surface area contributed by atoms with E-state index in [9.17, 15) is 4.79 Å². The number of halogens is 1. The first-order chi connectivity index (χ1) is 18.5. The molecule has 3 aromatic carbocycles. The Morgan fingerprint density at radius 3 is 2.39 bits per heavy atom. The molecule has 2 aliphatic rings. The molecule has 38 heavy (non-hydrogen) atoms. The van der Waals surface area contributed by atoms with Gasteiger partial charge in [0.2, 0.25) is 5.91 Å². The van der Waals surface area contributed by atoms with Crippen LogP contribution in [-0.2, 0) is 17.6 Å². The molecule has 5 rings (SSSR count). The summed E-state index contributed by atoms with van der Waals surface area (Å²) in [6, 6.07) is 27.9. The van der Waals surface area contributed by atoms with Crippen molar-refractivity contribution in [1.82, 2.24) is 9.80 Å². The molecule has 0 bridgehead atoms. The van der Waals surface area contributed by atoms with Crippen LogP contribution in [0.2, 0.25) is 5.02 Å². The van der Waals surface area contributed by atoms with Gasteiger partial charge in [-0.2, -0.15) is 0 Å². The van der Waals surface area contributed by atoms with E-state index in [1.165, 1.54) is 49.0 Å². The highest BCUT2D eigenvalue weighted by Crippen LogP contribution is 2.34. The molecule has 200 valence electrons. The van der Waals surface area contributed by atoms with Crippen LogP contribution in [0.1, 0.15) is 60.3 Å². The number of hydrogen-bond donors (Lipinski definition) is 0. The van der Waals surface area contributed by atoms with Crippen molar-refractivity contribution in [3.8, 4) is 0 Å². The first kappa shape index (κ1) is 27.0. The smallest absolute Gasteiger partial charge is 0.227 e. The van der Waals surface area contributed by atoms with Crippen LogP contribution in [-0.4, -0.2) is 47.9 Å². The van der Waals surface area contributed by atoms with E-state index in [0.717, 1.165) is 43.8 Å². The Morgan fingerprint density at radius 2 is 1.63 bits per heavy atom. The van der Waals surface area contributed by atoms with Crippen LogP contribution in [0.25, 0.3) is 0 Å². The highest BCUT2D eigenvalue weighted by Gasteiger charge is 2.33. The van der Waals surface area contributed by atoms with E-state index in [0.29, 0.717) is 17.4 Å². The molecule has 4 heteroatoms. The minimum Gasteiger partial charge on any atom is -0.339 e. The largest absolute Gasteiger partial charge is 0.339 e. The van der Waals surface area contributed by atoms with Crippen LogP contribution >= 0.6 is 11.6 Å². The van der Waals surface area contributed by atoms with Gasteiger partial charge in [-0.3, -0.25) is 4.79 Å². The van der Waals surface area contributed by atoms with Gasteiger partial charge in [0, 0.05) is 24.2 Å². The molecule has 0 spiro atoms. The average molecular weight is 529 g/mol. The molecule has 0 saturated carbocycles. The maximum Gasteiger partial charge on any atom is 0.227 e. The van der Waals surface area contributed by atoms with E-state index in [-0.39, 0.29) is 11.9 Å². The lowest BCUT2D eigenvalue weighted by Crippen LogP contribution is -2.48. The van der Waals surface area contributed by atoms with Crippen molar-refractivity contribution in [2.45, 2.75) is 63.8 Å². The van der Waals surface area contributed by atoms with Gasteiger partial charge >= 0.3 is 0 Å². The van der Waals surface area contributed by atoms with Gasteiger partial charge in [0.1, 0.15) is 0 Å². The number of carbonyl (C=O) groups excluding carboxylic acids is 1. The minimum absolute atomic E-state index is 0.238. The third kappa shape index (κ3) is 7.27. The summed E-state index contributed by atoms with van der Waals surface area (Å²) >= 11 is 6.20. The molecule has 2 heterocycles. The maximum absolute atomic E-state index is 13.5. The quantitative estimate of drug-likeness (QED) is 0.306. The first-order valence-electron chi connectivity index (χ1n) is 14.4. The highest BCUT2D eigenvalue weighted by molar-refractivity contribution is 6.30. The lowest BCUT2D eigenvalue weighted by atomic mass is 9.83. The molecule has 0 radical (unpaired) electrons. The summed E-state index contributed by atoms with van der Waals surface area (Å²) in [4.78, 5) is 18.3. The zero-order valence-corrected chi connectivity index (χ0v) is 23.5. The zero-order valence-electron chi connectivity index (χ0n) is 22.7. The van der Waals surface area contributed by atoms with Gasteiger partial charge in [-0.1, -0.05) is 83.9 Å². The van der Waals surface area contributed by atoms with Crippen LogP contribution in [0.3, 0.4) is 0 Å². The third-order valence-electron chi connectivity index (χ3n) is 8.65. The average Bonchev–Trinajstić information content (AvgIpc) is 2.93. The number of rotatable bonds is 8. The normalized spacial score (nSPS) is 20.9. The Labute approximate surface area is 233 Å². The fraction of sp³-hybridized carbons (Fsp3) is 0.441. The first-order valence-corrected chi connectivity index (χ1v) is 14.8. The van der Waals surface area contributed by atoms with Gasteiger partial charge < -0.3 is 9.80 Å². The number of carbonyl (C=O) groups is 1. The number of aryl methyl sites for hydroxylation is 1. The van der Waals surface area contributed by atoms with Gasteiger partial charge in [0.05, 0.1) is 6.42 Å². The van der Waals surface area contributed by atoms with Crippen molar-refractivity contribution in [3.05, 3.63) is 106 Å².